The summed E-state index contributed by atoms with van der Waals surface area (Å²) < 4.78 is 27.8. The van der Waals surface area contributed by atoms with E-state index in [4.69, 9.17) is 9.88 Å². The van der Waals surface area contributed by atoms with Gasteiger partial charge in [0.25, 0.3) is 5.91 Å². The number of nitrogens with one attached hydrogen (secondary N) is 1. The maximum Gasteiger partial charge on any atom is 0.255 e. The molecule has 2 rings (SSSR count). The maximum atomic E-state index is 12.1. The normalized spacial score (nSPS) is 15.5. The highest BCUT2D eigenvalue weighted by Gasteiger charge is 2.21. The fraction of sp³-hybridized carbons (Fsp3) is 0.462. The van der Waals surface area contributed by atoms with E-state index in [0.29, 0.717) is 18.2 Å². The first-order valence-corrected chi connectivity index (χ1v) is 7.95. The number of hydrogen-bond acceptors (Lipinski definition) is 4. The van der Waals surface area contributed by atoms with Crippen LogP contribution in [0, 0.1) is 5.92 Å². The Hall–Kier alpha value is -1.60. The molecule has 6 nitrogen and oxygen atoms in total. The van der Waals surface area contributed by atoms with Crippen LogP contribution in [0.5, 0.6) is 5.75 Å². The van der Waals surface area contributed by atoms with E-state index in [1.54, 1.807) is 0 Å². The van der Waals surface area contributed by atoms with Crippen LogP contribution in [0.15, 0.2) is 23.1 Å². The minimum atomic E-state index is -3.84. The van der Waals surface area contributed by atoms with Crippen molar-refractivity contribution in [1.82, 2.24) is 5.32 Å². The van der Waals surface area contributed by atoms with Gasteiger partial charge in [0.05, 0.1) is 17.6 Å². The third-order valence-electron chi connectivity index (χ3n) is 3.52. The summed E-state index contributed by atoms with van der Waals surface area (Å²) in [6, 6.07) is 3.99. The summed E-state index contributed by atoms with van der Waals surface area (Å²) >= 11 is 0. The fourth-order valence-electron chi connectivity index (χ4n) is 2.07. The fourth-order valence-corrected chi connectivity index (χ4v) is 2.61. The summed E-state index contributed by atoms with van der Waals surface area (Å²) in [5, 5.41) is 7.87. The van der Waals surface area contributed by atoms with E-state index in [1.807, 2.05) is 0 Å². The highest BCUT2D eigenvalue weighted by atomic mass is 32.2. The molecule has 110 valence electrons. The van der Waals surface area contributed by atoms with Crippen molar-refractivity contribution < 1.29 is 17.9 Å². The monoisotopic (exact) mass is 298 g/mol. The molecule has 0 atom stereocenters. The van der Waals surface area contributed by atoms with Crippen LogP contribution < -0.4 is 15.2 Å². The minimum Gasteiger partial charge on any atom is -0.496 e. The molecule has 0 aromatic heterocycles. The van der Waals surface area contributed by atoms with Crippen LogP contribution in [0.3, 0.4) is 0 Å². The minimum absolute atomic E-state index is 0.105. The number of methoxy groups -OCH3 is 1. The number of sulfonamides is 1. The molecule has 1 saturated carbocycles. The molecule has 0 aliphatic heterocycles. The van der Waals surface area contributed by atoms with Gasteiger partial charge in [0.2, 0.25) is 10.0 Å². The van der Waals surface area contributed by atoms with E-state index < -0.39 is 10.0 Å². The van der Waals surface area contributed by atoms with Crippen LogP contribution in [0.1, 0.15) is 29.6 Å². The van der Waals surface area contributed by atoms with Gasteiger partial charge in [0.1, 0.15) is 5.75 Å². The second kappa shape index (κ2) is 5.80. The largest absolute Gasteiger partial charge is 0.496 e. The Morgan fingerprint density at radius 2 is 2.15 bits per heavy atom. The van der Waals surface area contributed by atoms with Gasteiger partial charge in [-0.15, -0.1) is 0 Å². The van der Waals surface area contributed by atoms with Gasteiger partial charge in [0.15, 0.2) is 0 Å². The molecule has 0 heterocycles. The highest BCUT2D eigenvalue weighted by molar-refractivity contribution is 7.89. The number of benzene rings is 1. The Labute approximate surface area is 118 Å². The van der Waals surface area contributed by atoms with Gasteiger partial charge >= 0.3 is 0 Å². The van der Waals surface area contributed by atoms with E-state index in [1.165, 1.54) is 31.7 Å². The number of carbonyl (C=O) groups excluding carboxylic acids is 1. The predicted molar refractivity (Wildman–Crippen MR) is 74.0 cm³/mol. The number of rotatable bonds is 5. The number of hydrogen-bond donors (Lipinski definition) is 2. The molecule has 1 fully saturated rings. The third-order valence-corrected chi connectivity index (χ3v) is 4.43. The lowest BCUT2D eigenvalue weighted by Crippen LogP contribution is -2.32. The average Bonchev–Trinajstić information content (AvgIpc) is 2.34. The molecule has 3 N–H and O–H groups in total. The van der Waals surface area contributed by atoms with Gasteiger partial charge in [-0.25, -0.2) is 13.6 Å². The molecular weight excluding hydrogens is 280 g/mol. The standard InChI is InChI=1S/C13H18N2O4S/c1-19-12-6-5-10(20(14,17)18)7-11(12)13(16)15-8-9-3-2-4-9/h5-7,9H,2-4,8H2,1H3,(H,15,16)(H2,14,17,18). The Morgan fingerprint density at radius 3 is 2.65 bits per heavy atom. The zero-order chi connectivity index (χ0) is 14.8. The van der Waals surface area contributed by atoms with Crippen LogP contribution in [0.4, 0.5) is 0 Å². The van der Waals surface area contributed by atoms with Gasteiger partial charge in [-0.1, -0.05) is 6.42 Å². The topological polar surface area (TPSA) is 98.5 Å². The molecule has 20 heavy (non-hydrogen) atoms. The quantitative estimate of drug-likeness (QED) is 0.842. The van der Waals surface area contributed by atoms with Crippen molar-refractivity contribution in [2.45, 2.75) is 24.2 Å². The van der Waals surface area contributed by atoms with Crippen molar-refractivity contribution in [1.29, 1.82) is 0 Å². The number of ether oxygens (including phenoxy) is 1. The maximum absolute atomic E-state index is 12.1. The Balaban J connectivity index is 2.20. The lowest BCUT2D eigenvalue weighted by molar-refractivity contribution is 0.0936. The average molecular weight is 298 g/mol. The first kappa shape index (κ1) is 14.8. The van der Waals surface area contributed by atoms with Crippen LogP contribution in [-0.2, 0) is 10.0 Å². The molecule has 0 bridgehead atoms. The van der Waals surface area contributed by atoms with Crippen LogP contribution in [-0.4, -0.2) is 28.0 Å². The number of primary sulfonamides is 1. The summed E-state index contributed by atoms with van der Waals surface area (Å²) in [6.07, 6.45) is 3.44. The van der Waals surface area contributed by atoms with E-state index >= 15 is 0 Å². The third kappa shape index (κ3) is 3.29. The van der Waals surface area contributed by atoms with Gasteiger partial charge in [-0.3, -0.25) is 4.79 Å². The first-order valence-electron chi connectivity index (χ1n) is 6.41. The Bertz CT molecular complexity index is 609. The predicted octanol–water partition coefficient (Wildman–Crippen LogP) is 0.872. The summed E-state index contributed by atoms with van der Waals surface area (Å²) in [4.78, 5) is 12.0. The lowest BCUT2D eigenvalue weighted by atomic mass is 9.85. The molecule has 1 aromatic rings. The number of carbonyl (C=O) groups is 1. The molecule has 1 amide bonds. The molecule has 0 saturated heterocycles. The van der Waals surface area contributed by atoms with Crippen LogP contribution >= 0.6 is 0 Å². The van der Waals surface area contributed by atoms with Gasteiger partial charge < -0.3 is 10.1 Å². The first-order chi connectivity index (χ1) is 9.41. The smallest absolute Gasteiger partial charge is 0.255 e. The molecule has 0 radical (unpaired) electrons. The Morgan fingerprint density at radius 1 is 1.45 bits per heavy atom. The van der Waals surface area contributed by atoms with E-state index in [-0.39, 0.29) is 16.4 Å². The zero-order valence-electron chi connectivity index (χ0n) is 11.3. The van der Waals surface area contributed by atoms with Crippen molar-refractivity contribution in [2.75, 3.05) is 13.7 Å². The summed E-state index contributed by atoms with van der Waals surface area (Å²) in [5.74, 6) is 0.495. The molecule has 0 unspecified atom stereocenters. The second-order valence-electron chi connectivity index (χ2n) is 4.91. The molecule has 7 heteroatoms. The molecule has 0 spiro atoms. The SMILES string of the molecule is COc1ccc(S(N)(=O)=O)cc1C(=O)NCC1CCC1. The number of nitrogens with two attached hydrogens (primary N) is 1. The van der Waals surface area contributed by atoms with Crippen molar-refractivity contribution >= 4 is 15.9 Å². The van der Waals surface area contributed by atoms with Crippen molar-refractivity contribution in [3.8, 4) is 5.75 Å². The van der Waals surface area contributed by atoms with Gasteiger partial charge in [-0.2, -0.15) is 0 Å². The van der Waals surface area contributed by atoms with E-state index in [9.17, 15) is 13.2 Å². The Kier molecular flexibility index (Phi) is 4.29. The highest BCUT2D eigenvalue weighted by Crippen LogP contribution is 2.26. The molecule has 1 aliphatic carbocycles. The van der Waals surface area contributed by atoms with E-state index in [2.05, 4.69) is 5.32 Å². The summed E-state index contributed by atoms with van der Waals surface area (Å²) in [7, 11) is -2.42. The van der Waals surface area contributed by atoms with Gasteiger partial charge in [-0.05, 0) is 37.0 Å². The van der Waals surface area contributed by atoms with Crippen LogP contribution in [0.2, 0.25) is 0 Å². The van der Waals surface area contributed by atoms with Crippen LogP contribution in [0.25, 0.3) is 0 Å². The number of amides is 1. The van der Waals surface area contributed by atoms with Gasteiger partial charge in [0, 0.05) is 6.54 Å². The lowest BCUT2D eigenvalue weighted by Gasteiger charge is -2.25. The molecule has 1 aromatic carbocycles. The van der Waals surface area contributed by atoms with Crippen molar-refractivity contribution in [2.24, 2.45) is 11.1 Å². The van der Waals surface area contributed by atoms with Crippen molar-refractivity contribution in [3.05, 3.63) is 23.8 Å². The second-order valence-corrected chi connectivity index (χ2v) is 6.48. The van der Waals surface area contributed by atoms with Crippen molar-refractivity contribution in [3.63, 3.8) is 0 Å². The molecular formula is C13H18N2O4S. The zero-order valence-corrected chi connectivity index (χ0v) is 12.1. The van der Waals surface area contributed by atoms with E-state index in [0.717, 1.165) is 12.8 Å². The summed E-state index contributed by atoms with van der Waals surface area (Å²) in [5.41, 5.74) is 0.179. The molecule has 1 aliphatic rings. The summed E-state index contributed by atoms with van der Waals surface area (Å²) in [6.45, 7) is 0.599.